The van der Waals surface area contributed by atoms with E-state index in [9.17, 15) is 5.11 Å². The van der Waals surface area contributed by atoms with Gasteiger partial charge >= 0.3 is 0 Å². The molecule has 26 heavy (non-hydrogen) atoms. The third-order valence-corrected chi connectivity index (χ3v) is 4.49. The van der Waals surface area contributed by atoms with Crippen molar-refractivity contribution in [3.05, 3.63) is 90.0 Å². The van der Waals surface area contributed by atoms with Crippen LogP contribution in [0.25, 0.3) is 0 Å². The van der Waals surface area contributed by atoms with Crippen LogP contribution in [-0.2, 0) is 12.4 Å². The second-order valence-corrected chi connectivity index (χ2v) is 6.30. The van der Waals surface area contributed by atoms with Gasteiger partial charge < -0.3 is 19.3 Å². The number of rotatable bonds is 4. The summed E-state index contributed by atoms with van der Waals surface area (Å²) in [6, 6.07) is 24.6. The van der Waals surface area contributed by atoms with E-state index in [1.54, 1.807) is 25.1 Å². The van der Waals surface area contributed by atoms with Crippen LogP contribution in [0.5, 0.6) is 17.2 Å². The van der Waals surface area contributed by atoms with Crippen LogP contribution >= 0.6 is 0 Å². The lowest BCUT2D eigenvalue weighted by Crippen LogP contribution is -2.48. The molecule has 0 amide bonds. The van der Waals surface area contributed by atoms with E-state index in [0.29, 0.717) is 23.7 Å². The highest BCUT2D eigenvalue weighted by Crippen LogP contribution is 2.41. The Balaban J connectivity index is 1.51. The Morgan fingerprint density at radius 1 is 0.885 bits per heavy atom. The van der Waals surface area contributed by atoms with Gasteiger partial charge in [0, 0.05) is 5.56 Å². The van der Waals surface area contributed by atoms with Gasteiger partial charge in [-0.15, -0.1) is 0 Å². The van der Waals surface area contributed by atoms with Crippen LogP contribution in [0.3, 0.4) is 0 Å². The first-order valence-electron chi connectivity index (χ1n) is 8.59. The molecule has 0 saturated heterocycles. The van der Waals surface area contributed by atoms with Crippen molar-refractivity contribution in [2.75, 3.05) is 0 Å². The molecule has 0 fully saturated rings. The van der Waals surface area contributed by atoms with Crippen molar-refractivity contribution in [3.8, 4) is 17.2 Å². The number of para-hydroxylation sites is 2. The van der Waals surface area contributed by atoms with E-state index in [0.717, 1.165) is 11.3 Å². The molecule has 2 atom stereocenters. The molecule has 1 heterocycles. The fourth-order valence-electron chi connectivity index (χ4n) is 2.98. The van der Waals surface area contributed by atoms with Crippen molar-refractivity contribution < 1.29 is 19.3 Å². The van der Waals surface area contributed by atoms with Crippen molar-refractivity contribution in [3.63, 3.8) is 0 Å². The van der Waals surface area contributed by atoms with Gasteiger partial charge in [0.15, 0.2) is 17.6 Å². The lowest BCUT2D eigenvalue weighted by atomic mass is 9.99. The summed E-state index contributed by atoms with van der Waals surface area (Å²) >= 11 is 0. The Labute approximate surface area is 152 Å². The number of hydrogen-bond acceptors (Lipinski definition) is 4. The van der Waals surface area contributed by atoms with Gasteiger partial charge in [0.1, 0.15) is 12.4 Å². The van der Waals surface area contributed by atoms with E-state index in [4.69, 9.17) is 14.2 Å². The minimum Gasteiger partial charge on any atom is -0.489 e. The van der Waals surface area contributed by atoms with Crippen LogP contribution in [0, 0.1) is 0 Å². The first kappa shape index (κ1) is 16.5. The molecule has 0 spiro atoms. The number of fused-ring (bicyclic) bond motifs is 1. The van der Waals surface area contributed by atoms with Crippen molar-refractivity contribution in [1.29, 1.82) is 0 Å². The zero-order chi connectivity index (χ0) is 18.0. The summed E-state index contributed by atoms with van der Waals surface area (Å²) in [6.07, 6.45) is -0.548. The van der Waals surface area contributed by atoms with Gasteiger partial charge in [-0.05, 0) is 48.9 Å². The zero-order valence-corrected chi connectivity index (χ0v) is 14.5. The summed E-state index contributed by atoms with van der Waals surface area (Å²) in [5.41, 5.74) is 1.72. The fraction of sp³-hybridized carbons (Fsp3) is 0.182. The normalized spacial score (nSPS) is 21.2. The summed E-state index contributed by atoms with van der Waals surface area (Å²) in [5, 5.41) is 11.1. The van der Waals surface area contributed by atoms with E-state index in [1.807, 2.05) is 60.7 Å². The van der Waals surface area contributed by atoms with Crippen LogP contribution < -0.4 is 14.2 Å². The third kappa shape index (κ3) is 3.11. The minimum atomic E-state index is -1.55. The zero-order valence-electron chi connectivity index (χ0n) is 14.5. The molecule has 1 aliphatic heterocycles. The van der Waals surface area contributed by atoms with Crippen molar-refractivity contribution in [1.82, 2.24) is 0 Å². The molecule has 3 aromatic carbocycles. The minimum absolute atomic E-state index is 0.494. The molecule has 0 radical (unpaired) electrons. The first-order chi connectivity index (χ1) is 12.6. The standard InChI is InChI=1S/C22H20O4/c1-16-22(23,26-21-10-6-5-9-20(21)25-16)18-11-13-19(14-12-18)24-15-17-7-3-2-4-8-17/h2-14,16,23H,15H2,1H3. The van der Waals surface area contributed by atoms with E-state index in [1.165, 1.54) is 0 Å². The monoisotopic (exact) mass is 348 g/mol. The molecule has 4 nitrogen and oxygen atoms in total. The van der Waals surface area contributed by atoms with E-state index in [2.05, 4.69) is 0 Å². The van der Waals surface area contributed by atoms with Crippen LogP contribution in [-0.4, -0.2) is 11.2 Å². The quantitative estimate of drug-likeness (QED) is 0.765. The Kier molecular flexibility index (Phi) is 4.27. The van der Waals surface area contributed by atoms with Gasteiger partial charge in [0.25, 0.3) is 5.79 Å². The molecule has 0 saturated carbocycles. The van der Waals surface area contributed by atoms with Crippen LogP contribution in [0.4, 0.5) is 0 Å². The van der Waals surface area contributed by atoms with Crippen molar-refractivity contribution in [2.24, 2.45) is 0 Å². The molecule has 0 aliphatic carbocycles. The average molecular weight is 348 g/mol. The summed E-state index contributed by atoms with van der Waals surface area (Å²) in [6.45, 7) is 2.28. The Hall–Kier alpha value is -2.98. The predicted molar refractivity (Wildman–Crippen MR) is 98.3 cm³/mol. The Morgan fingerprint density at radius 2 is 1.54 bits per heavy atom. The highest BCUT2D eigenvalue weighted by molar-refractivity contribution is 5.43. The summed E-state index contributed by atoms with van der Waals surface area (Å²) in [4.78, 5) is 0. The van der Waals surface area contributed by atoms with Gasteiger partial charge in [-0.3, -0.25) is 0 Å². The van der Waals surface area contributed by atoms with E-state index < -0.39 is 11.9 Å². The van der Waals surface area contributed by atoms with Gasteiger partial charge in [-0.2, -0.15) is 0 Å². The van der Waals surface area contributed by atoms with Crippen LogP contribution in [0.1, 0.15) is 18.1 Å². The molecule has 0 bridgehead atoms. The lowest BCUT2D eigenvalue weighted by Gasteiger charge is -2.39. The SMILES string of the molecule is CC1Oc2ccccc2OC1(O)c1ccc(OCc2ccccc2)cc1. The number of hydrogen-bond donors (Lipinski definition) is 1. The lowest BCUT2D eigenvalue weighted by molar-refractivity contribution is -0.216. The third-order valence-electron chi connectivity index (χ3n) is 4.49. The summed E-state index contributed by atoms with van der Waals surface area (Å²) in [5.74, 6) is 0.336. The molecule has 3 aromatic rings. The molecule has 1 aliphatic rings. The van der Waals surface area contributed by atoms with E-state index in [-0.39, 0.29) is 0 Å². The molecular formula is C22H20O4. The number of ether oxygens (including phenoxy) is 3. The average Bonchev–Trinajstić information content (AvgIpc) is 2.68. The molecule has 132 valence electrons. The maximum atomic E-state index is 11.1. The van der Waals surface area contributed by atoms with E-state index >= 15 is 0 Å². The fourth-order valence-corrected chi connectivity index (χ4v) is 2.98. The number of aliphatic hydroxyl groups is 1. The van der Waals surface area contributed by atoms with Crippen LogP contribution in [0.2, 0.25) is 0 Å². The molecule has 4 rings (SSSR count). The number of benzene rings is 3. The predicted octanol–water partition coefficient (Wildman–Crippen LogP) is 4.27. The highest BCUT2D eigenvalue weighted by Gasteiger charge is 2.44. The van der Waals surface area contributed by atoms with Crippen molar-refractivity contribution >= 4 is 0 Å². The molecule has 2 unspecified atom stereocenters. The topological polar surface area (TPSA) is 47.9 Å². The maximum absolute atomic E-state index is 11.1. The summed E-state index contributed by atoms with van der Waals surface area (Å²) in [7, 11) is 0. The van der Waals surface area contributed by atoms with Gasteiger partial charge in [0.2, 0.25) is 0 Å². The van der Waals surface area contributed by atoms with Gasteiger partial charge in [0.05, 0.1) is 0 Å². The summed E-state index contributed by atoms with van der Waals surface area (Å²) < 4.78 is 17.5. The molecule has 4 heteroatoms. The maximum Gasteiger partial charge on any atom is 0.272 e. The Morgan fingerprint density at radius 3 is 2.27 bits per heavy atom. The smallest absolute Gasteiger partial charge is 0.272 e. The van der Waals surface area contributed by atoms with Crippen LogP contribution in [0.15, 0.2) is 78.9 Å². The first-order valence-corrected chi connectivity index (χ1v) is 8.59. The van der Waals surface area contributed by atoms with Gasteiger partial charge in [-0.25, -0.2) is 0 Å². The highest BCUT2D eigenvalue weighted by atomic mass is 16.7. The molecule has 0 aromatic heterocycles. The second kappa shape index (κ2) is 6.73. The molecular weight excluding hydrogens is 328 g/mol. The molecule has 1 N–H and O–H groups in total. The van der Waals surface area contributed by atoms with Gasteiger partial charge in [-0.1, -0.05) is 42.5 Å². The largest absolute Gasteiger partial charge is 0.489 e. The van der Waals surface area contributed by atoms with Crippen molar-refractivity contribution in [2.45, 2.75) is 25.4 Å². The Bertz CT molecular complexity index is 876. The second-order valence-electron chi connectivity index (χ2n) is 6.30.